The molecular weight excluding hydrogens is 240 g/mol. The number of nitrogens with zero attached hydrogens (tertiary/aromatic N) is 4. The summed E-state index contributed by atoms with van der Waals surface area (Å²) in [4.78, 5) is 24.1. The van der Waals surface area contributed by atoms with Crippen molar-refractivity contribution in [2.75, 3.05) is 26.3 Å². The van der Waals surface area contributed by atoms with E-state index in [0.29, 0.717) is 32.0 Å². The van der Waals surface area contributed by atoms with Gasteiger partial charge in [0.15, 0.2) is 0 Å². The van der Waals surface area contributed by atoms with Gasteiger partial charge in [-0.25, -0.2) is 0 Å². The van der Waals surface area contributed by atoms with Gasteiger partial charge in [-0.3, -0.25) is 19.6 Å². The van der Waals surface area contributed by atoms with Gasteiger partial charge in [0.1, 0.15) is 5.69 Å². The number of hydrogen-bond acceptors (Lipinski definition) is 5. The molecular formula is C10H14N4O4. The number of nitro groups is 1. The van der Waals surface area contributed by atoms with Gasteiger partial charge in [-0.05, 0) is 6.92 Å². The summed E-state index contributed by atoms with van der Waals surface area (Å²) in [5.41, 5.74) is 0.0625. The third kappa shape index (κ3) is 2.06. The van der Waals surface area contributed by atoms with E-state index in [2.05, 4.69) is 5.10 Å². The summed E-state index contributed by atoms with van der Waals surface area (Å²) in [5, 5.41) is 14.9. The summed E-state index contributed by atoms with van der Waals surface area (Å²) >= 11 is 0. The van der Waals surface area contributed by atoms with E-state index < -0.39 is 10.8 Å². The average Bonchev–Trinajstić information content (AvgIpc) is 2.66. The van der Waals surface area contributed by atoms with Gasteiger partial charge in [-0.1, -0.05) is 0 Å². The van der Waals surface area contributed by atoms with Crippen LogP contribution in [0.3, 0.4) is 0 Å². The number of morpholine rings is 1. The van der Waals surface area contributed by atoms with Crippen LogP contribution in [0, 0.1) is 17.0 Å². The fraction of sp³-hybridized carbons (Fsp3) is 0.600. The molecule has 1 aliphatic heterocycles. The molecule has 2 heterocycles. The van der Waals surface area contributed by atoms with Gasteiger partial charge in [0.2, 0.25) is 5.69 Å². The van der Waals surface area contributed by atoms with Crippen molar-refractivity contribution in [3.05, 3.63) is 21.5 Å². The van der Waals surface area contributed by atoms with Crippen LogP contribution in [-0.4, -0.2) is 51.8 Å². The SMILES string of the molecule is Cc1c([N+](=O)[O-])c(C(=O)N2CCOCC2)nn1C. The van der Waals surface area contributed by atoms with E-state index >= 15 is 0 Å². The quantitative estimate of drug-likeness (QED) is 0.552. The van der Waals surface area contributed by atoms with Crippen LogP contribution in [-0.2, 0) is 11.8 Å². The number of rotatable bonds is 2. The lowest BCUT2D eigenvalue weighted by atomic mass is 10.2. The summed E-state index contributed by atoms with van der Waals surface area (Å²) in [6, 6.07) is 0. The zero-order valence-corrected chi connectivity index (χ0v) is 10.3. The van der Waals surface area contributed by atoms with E-state index in [1.165, 1.54) is 9.58 Å². The van der Waals surface area contributed by atoms with Gasteiger partial charge in [0.05, 0.1) is 18.1 Å². The summed E-state index contributed by atoms with van der Waals surface area (Å²) in [5.74, 6) is -0.409. The molecule has 18 heavy (non-hydrogen) atoms. The maximum absolute atomic E-state index is 12.2. The molecule has 2 rings (SSSR count). The fourth-order valence-electron chi connectivity index (χ4n) is 1.88. The molecule has 8 nitrogen and oxygen atoms in total. The second kappa shape index (κ2) is 4.73. The van der Waals surface area contributed by atoms with Crippen LogP contribution in [0.25, 0.3) is 0 Å². The number of aromatic nitrogens is 2. The first-order chi connectivity index (χ1) is 8.52. The number of carbonyl (C=O) groups excluding carboxylic acids is 1. The lowest BCUT2D eigenvalue weighted by molar-refractivity contribution is -0.385. The molecule has 1 aliphatic rings. The lowest BCUT2D eigenvalue weighted by Gasteiger charge is -2.25. The van der Waals surface area contributed by atoms with Crippen LogP contribution >= 0.6 is 0 Å². The highest BCUT2D eigenvalue weighted by Gasteiger charge is 2.32. The van der Waals surface area contributed by atoms with Crippen molar-refractivity contribution in [2.45, 2.75) is 6.92 Å². The number of ether oxygens (including phenoxy) is 1. The Bertz CT molecular complexity index is 490. The number of amides is 1. The van der Waals surface area contributed by atoms with E-state index in [-0.39, 0.29) is 11.4 Å². The Morgan fingerprint density at radius 2 is 2.06 bits per heavy atom. The van der Waals surface area contributed by atoms with Crippen molar-refractivity contribution in [2.24, 2.45) is 7.05 Å². The van der Waals surface area contributed by atoms with Crippen molar-refractivity contribution in [1.82, 2.24) is 14.7 Å². The van der Waals surface area contributed by atoms with Crippen molar-refractivity contribution in [1.29, 1.82) is 0 Å². The Kier molecular flexibility index (Phi) is 3.28. The monoisotopic (exact) mass is 254 g/mol. The highest BCUT2D eigenvalue weighted by molar-refractivity contribution is 5.96. The second-order valence-corrected chi connectivity index (χ2v) is 4.07. The van der Waals surface area contributed by atoms with Crippen LogP contribution in [0.15, 0.2) is 0 Å². The van der Waals surface area contributed by atoms with Crippen LogP contribution < -0.4 is 0 Å². The molecule has 0 aliphatic carbocycles. The zero-order valence-electron chi connectivity index (χ0n) is 10.3. The van der Waals surface area contributed by atoms with Crippen LogP contribution in [0.1, 0.15) is 16.2 Å². The molecule has 1 fully saturated rings. The first kappa shape index (κ1) is 12.5. The predicted molar refractivity (Wildman–Crippen MR) is 61.3 cm³/mol. The normalized spacial score (nSPS) is 15.8. The Morgan fingerprint density at radius 3 is 2.61 bits per heavy atom. The van der Waals surface area contributed by atoms with Crippen LogP contribution in [0.5, 0.6) is 0 Å². The van der Waals surface area contributed by atoms with Crippen molar-refractivity contribution < 1.29 is 14.5 Å². The van der Waals surface area contributed by atoms with E-state index in [1.54, 1.807) is 14.0 Å². The summed E-state index contributed by atoms with van der Waals surface area (Å²) in [6.07, 6.45) is 0. The van der Waals surface area contributed by atoms with E-state index in [0.717, 1.165) is 0 Å². The molecule has 0 atom stereocenters. The standard InChI is InChI=1S/C10H14N4O4/c1-7-9(14(16)17)8(11-12(7)2)10(15)13-3-5-18-6-4-13/h3-6H2,1-2H3. The Hall–Kier alpha value is -1.96. The summed E-state index contributed by atoms with van der Waals surface area (Å²) in [6.45, 7) is 3.34. The molecule has 98 valence electrons. The van der Waals surface area contributed by atoms with Crippen molar-refractivity contribution >= 4 is 11.6 Å². The second-order valence-electron chi connectivity index (χ2n) is 4.07. The molecule has 1 aromatic heterocycles. The largest absolute Gasteiger partial charge is 0.378 e. The predicted octanol–water partition coefficient (Wildman–Crippen LogP) is 0.109. The molecule has 0 bridgehead atoms. The first-order valence-electron chi connectivity index (χ1n) is 5.57. The number of aryl methyl sites for hydroxylation is 1. The molecule has 0 saturated carbocycles. The maximum Gasteiger partial charge on any atom is 0.322 e. The Balaban J connectivity index is 2.35. The Labute approximate surface area is 103 Å². The molecule has 0 unspecified atom stereocenters. The third-order valence-corrected chi connectivity index (χ3v) is 2.99. The van der Waals surface area contributed by atoms with Gasteiger partial charge in [-0.2, -0.15) is 5.10 Å². The minimum absolute atomic E-state index is 0.0955. The van der Waals surface area contributed by atoms with Gasteiger partial charge in [0.25, 0.3) is 5.91 Å². The first-order valence-corrected chi connectivity index (χ1v) is 5.57. The lowest BCUT2D eigenvalue weighted by Crippen LogP contribution is -2.41. The molecule has 1 aromatic rings. The summed E-state index contributed by atoms with van der Waals surface area (Å²) in [7, 11) is 1.58. The van der Waals surface area contributed by atoms with E-state index in [9.17, 15) is 14.9 Å². The fourth-order valence-corrected chi connectivity index (χ4v) is 1.88. The molecule has 0 aromatic carbocycles. The highest BCUT2D eigenvalue weighted by atomic mass is 16.6. The molecule has 0 N–H and O–H groups in total. The minimum Gasteiger partial charge on any atom is -0.378 e. The maximum atomic E-state index is 12.2. The van der Waals surface area contributed by atoms with Gasteiger partial charge in [0, 0.05) is 20.1 Å². The van der Waals surface area contributed by atoms with Gasteiger partial charge in [-0.15, -0.1) is 0 Å². The van der Waals surface area contributed by atoms with Crippen molar-refractivity contribution in [3.63, 3.8) is 0 Å². The third-order valence-electron chi connectivity index (χ3n) is 2.99. The van der Waals surface area contributed by atoms with E-state index in [4.69, 9.17) is 4.74 Å². The highest BCUT2D eigenvalue weighted by Crippen LogP contribution is 2.23. The smallest absolute Gasteiger partial charge is 0.322 e. The number of hydrogen-bond donors (Lipinski definition) is 0. The number of carbonyl (C=O) groups is 1. The van der Waals surface area contributed by atoms with Gasteiger partial charge < -0.3 is 9.64 Å². The molecule has 0 radical (unpaired) electrons. The Morgan fingerprint density at radius 1 is 1.44 bits per heavy atom. The molecule has 1 saturated heterocycles. The molecule has 8 heteroatoms. The van der Waals surface area contributed by atoms with Crippen molar-refractivity contribution in [3.8, 4) is 0 Å². The van der Waals surface area contributed by atoms with Gasteiger partial charge >= 0.3 is 5.69 Å². The minimum atomic E-state index is -0.560. The summed E-state index contributed by atoms with van der Waals surface area (Å²) < 4.78 is 6.49. The molecule has 1 amide bonds. The molecule has 0 spiro atoms. The topological polar surface area (TPSA) is 90.5 Å². The van der Waals surface area contributed by atoms with Crippen LogP contribution in [0.2, 0.25) is 0 Å². The average molecular weight is 254 g/mol. The van der Waals surface area contributed by atoms with Crippen LogP contribution in [0.4, 0.5) is 5.69 Å². The zero-order chi connectivity index (χ0) is 13.3. The van der Waals surface area contributed by atoms with E-state index in [1.807, 2.05) is 0 Å².